The summed E-state index contributed by atoms with van der Waals surface area (Å²) >= 11 is 5.01. The van der Waals surface area contributed by atoms with Gasteiger partial charge in [-0.3, -0.25) is 9.67 Å². The Morgan fingerprint density at radius 3 is 2.94 bits per heavy atom. The predicted octanol–water partition coefficient (Wildman–Crippen LogP) is 1.09. The first kappa shape index (κ1) is 12.5. The maximum atomic E-state index is 5.68. The van der Waals surface area contributed by atoms with Crippen LogP contribution in [0.4, 0.5) is 5.69 Å². The average Bonchev–Trinajstić information content (AvgIpc) is 2.74. The van der Waals surface area contributed by atoms with E-state index in [1.165, 1.54) is 0 Å². The van der Waals surface area contributed by atoms with E-state index in [4.69, 9.17) is 18.0 Å². The number of aryl methyl sites for hydroxylation is 1. The molecular formula is C12H15N5S. The molecule has 5 nitrogen and oxygen atoms in total. The van der Waals surface area contributed by atoms with Gasteiger partial charge in [0.2, 0.25) is 0 Å². The number of nitrogens with two attached hydrogens (primary N) is 1. The quantitative estimate of drug-likeness (QED) is 0.835. The molecule has 0 bridgehead atoms. The number of hydrogen-bond donors (Lipinski definition) is 1. The molecule has 2 rings (SSSR count). The van der Waals surface area contributed by atoms with Gasteiger partial charge in [0.15, 0.2) is 0 Å². The van der Waals surface area contributed by atoms with Gasteiger partial charge in [0.05, 0.1) is 11.9 Å². The lowest BCUT2D eigenvalue weighted by molar-refractivity contribution is 0.766. The minimum atomic E-state index is 0.309. The molecule has 94 valence electrons. The van der Waals surface area contributed by atoms with E-state index < -0.39 is 0 Å². The normalized spacial score (nSPS) is 10.3. The van der Waals surface area contributed by atoms with Crippen LogP contribution in [0.5, 0.6) is 0 Å². The molecule has 0 aliphatic carbocycles. The highest BCUT2D eigenvalue weighted by molar-refractivity contribution is 7.80. The Kier molecular flexibility index (Phi) is 3.57. The van der Waals surface area contributed by atoms with Crippen molar-refractivity contribution in [2.75, 3.05) is 11.9 Å². The molecule has 2 heterocycles. The second-order valence-corrected chi connectivity index (χ2v) is 4.55. The molecule has 0 unspecified atom stereocenters. The van der Waals surface area contributed by atoms with Crippen LogP contribution in [0.1, 0.15) is 11.3 Å². The van der Waals surface area contributed by atoms with Crippen molar-refractivity contribution in [2.24, 2.45) is 12.8 Å². The van der Waals surface area contributed by atoms with Gasteiger partial charge in [0.1, 0.15) is 10.7 Å². The van der Waals surface area contributed by atoms with Crippen molar-refractivity contribution in [3.8, 4) is 0 Å². The Balaban J connectivity index is 2.23. The van der Waals surface area contributed by atoms with Crippen molar-refractivity contribution in [1.82, 2.24) is 14.8 Å². The van der Waals surface area contributed by atoms with Crippen molar-refractivity contribution in [3.05, 3.63) is 42.0 Å². The fraction of sp³-hybridized carbons (Fsp3) is 0.250. The van der Waals surface area contributed by atoms with E-state index in [0.717, 1.165) is 17.8 Å². The highest BCUT2D eigenvalue weighted by Crippen LogP contribution is 2.18. The summed E-state index contributed by atoms with van der Waals surface area (Å²) in [7, 11) is 3.87. The van der Waals surface area contributed by atoms with Gasteiger partial charge in [-0.05, 0) is 12.1 Å². The predicted molar refractivity (Wildman–Crippen MR) is 75.4 cm³/mol. The Labute approximate surface area is 111 Å². The summed E-state index contributed by atoms with van der Waals surface area (Å²) in [6.45, 7) is 0.731. The third-order valence-electron chi connectivity index (χ3n) is 2.61. The van der Waals surface area contributed by atoms with E-state index in [-0.39, 0.29) is 0 Å². The third-order valence-corrected chi connectivity index (χ3v) is 2.80. The van der Waals surface area contributed by atoms with Gasteiger partial charge < -0.3 is 10.6 Å². The minimum absolute atomic E-state index is 0.309. The summed E-state index contributed by atoms with van der Waals surface area (Å²) in [5.41, 5.74) is 8.38. The zero-order valence-electron chi connectivity index (χ0n) is 10.4. The van der Waals surface area contributed by atoms with E-state index in [1.54, 1.807) is 10.9 Å². The monoisotopic (exact) mass is 261 g/mol. The van der Waals surface area contributed by atoms with Gasteiger partial charge in [-0.1, -0.05) is 12.2 Å². The molecule has 0 aliphatic rings. The van der Waals surface area contributed by atoms with Gasteiger partial charge in [-0.15, -0.1) is 0 Å². The maximum absolute atomic E-state index is 5.68. The first-order valence-corrected chi connectivity index (χ1v) is 5.92. The minimum Gasteiger partial charge on any atom is -0.388 e. The van der Waals surface area contributed by atoms with Crippen LogP contribution in [-0.2, 0) is 13.6 Å². The zero-order chi connectivity index (χ0) is 13.1. The van der Waals surface area contributed by atoms with Crippen molar-refractivity contribution in [2.45, 2.75) is 6.54 Å². The molecule has 0 saturated carbocycles. The second-order valence-electron chi connectivity index (χ2n) is 4.11. The van der Waals surface area contributed by atoms with Gasteiger partial charge in [0.25, 0.3) is 0 Å². The number of aromatic nitrogens is 3. The first-order valence-electron chi connectivity index (χ1n) is 5.51. The number of rotatable bonds is 4. The summed E-state index contributed by atoms with van der Waals surface area (Å²) in [6, 6.07) is 3.83. The molecule has 0 amide bonds. The molecule has 2 N–H and O–H groups in total. The highest BCUT2D eigenvalue weighted by atomic mass is 32.1. The Bertz CT molecular complexity index is 563. The summed E-state index contributed by atoms with van der Waals surface area (Å²) in [5.74, 6) is 0. The molecule has 0 aromatic carbocycles. The van der Waals surface area contributed by atoms with E-state index >= 15 is 0 Å². The third kappa shape index (κ3) is 2.65. The first-order chi connectivity index (χ1) is 8.58. The van der Waals surface area contributed by atoms with E-state index in [1.807, 2.05) is 38.6 Å². The summed E-state index contributed by atoms with van der Waals surface area (Å²) < 4.78 is 1.78. The summed E-state index contributed by atoms with van der Waals surface area (Å²) in [6.07, 6.45) is 5.51. The van der Waals surface area contributed by atoms with Gasteiger partial charge >= 0.3 is 0 Å². The van der Waals surface area contributed by atoms with Crippen molar-refractivity contribution in [3.63, 3.8) is 0 Å². The number of anilines is 1. The van der Waals surface area contributed by atoms with Crippen LogP contribution in [-0.4, -0.2) is 26.8 Å². The van der Waals surface area contributed by atoms with Crippen LogP contribution in [0.3, 0.4) is 0 Å². The summed E-state index contributed by atoms with van der Waals surface area (Å²) in [5, 5.41) is 4.14. The number of thiocarbonyl (C=S) groups is 1. The van der Waals surface area contributed by atoms with Crippen LogP contribution in [0, 0.1) is 0 Å². The van der Waals surface area contributed by atoms with Gasteiger partial charge in [-0.2, -0.15) is 5.10 Å². The maximum Gasteiger partial charge on any atom is 0.124 e. The van der Waals surface area contributed by atoms with Gasteiger partial charge in [-0.25, -0.2) is 0 Å². The Hall–Kier alpha value is -1.95. The fourth-order valence-corrected chi connectivity index (χ4v) is 1.96. The lowest BCUT2D eigenvalue weighted by Crippen LogP contribution is -2.22. The molecule has 0 atom stereocenters. The molecule has 0 saturated heterocycles. The van der Waals surface area contributed by atoms with Crippen molar-refractivity contribution in [1.29, 1.82) is 0 Å². The summed E-state index contributed by atoms with van der Waals surface area (Å²) in [4.78, 5) is 6.58. The smallest absolute Gasteiger partial charge is 0.124 e. The molecule has 0 radical (unpaired) electrons. The molecule has 2 aromatic rings. The van der Waals surface area contributed by atoms with E-state index in [2.05, 4.69) is 15.0 Å². The molecule has 18 heavy (non-hydrogen) atoms. The molecule has 0 spiro atoms. The van der Waals surface area contributed by atoms with E-state index in [9.17, 15) is 0 Å². The van der Waals surface area contributed by atoms with Crippen LogP contribution in [0.2, 0.25) is 0 Å². The average molecular weight is 261 g/mol. The number of nitrogens with zero attached hydrogens (tertiary/aromatic N) is 4. The molecule has 0 fully saturated rings. The number of pyridine rings is 1. The molecule has 0 aliphatic heterocycles. The highest BCUT2D eigenvalue weighted by Gasteiger charge is 2.11. The molecule has 6 heteroatoms. The van der Waals surface area contributed by atoms with Crippen LogP contribution < -0.4 is 10.6 Å². The second kappa shape index (κ2) is 5.14. The SMILES string of the molecule is CN(Cc1cnn(C)c1)c1cccnc1C(N)=S. The Morgan fingerprint density at radius 2 is 2.33 bits per heavy atom. The Morgan fingerprint density at radius 1 is 1.56 bits per heavy atom. The van der Waals surface area contributed by atoms with E-state index in [0.29, 0.717) is 10.7 Å². The van der Waals surface area contributed by atoms with Crippen molar-refractivity contribution < 1.29 is 0 Å². The topological polar surface area (TPSA) is 60.0 Å². The van der Waals surface area contributed by atoms with Gasteiger partial charge in [0, 0.05) is 38.6 Å². The number of hydrogen-bond acceptors (Lipinski definition) is 4. The zero-order valence-corrected chi connectivity index (χ0v) is 11.2. The standard InChI is InChI=1S/C12H15N5S/c1-16(7-9-6-15-17(2)8-9)10-4-3-5-14-11(10)12(13)18/h3-6,8H,7H2,1-2H3,(H2,13,18). The van der Waals surface area contributed by atoms with Crippen LogP contribution in [0.15, 0.2) is 30.7 Å². The van der Waals surface area contributed by atoms with Crippen molar-refractivity contribution >= 4 is 22.9 Å². The van der Waals surface area contributed by atoms with Crippen LogP contribution in [0.25, 0.3) is 0 Å². The molecule has 2 aromatic heterocycles. The largest absolute Gasteiger partial charge is 0.388 e. The lowest BCUT2D eigenvalue weighted by Gasteiger charge is -2.20. The molecular weight excluding hydrogens is 246 g/mol. The fourth-order valence-electron chi connectivity index (χ4n) is 1.81. The van der Waals surface area contributed by atoms with Crippen LogP contribution >= 0.6 is 12.2 Å². The lowest BCUT2D eigenvalue weighted by atomic mass is 10.2.